The highest BCUT2D eigenvalue weighted by atomic mass is 32.2. The van der Waals surface area contributed by atoms with Crippen LogP contribution in [0.1, 0.15) is 26.7 Å². The first-order valence-corrected chi connectivity index (χ1v) is 8.74. The molecule has 0 aromatic rings. The van der Waals surface area contributed by atoms with Crippen LogP contribution >= 0.6 is 11.8 Å². The lowest BCUT2D eigenvalue weighted by atomic mass is 9.82. The molecule has 6 nitrogen and oxygen atoms in total. The van der Waals surface area contributed by atoms with Gasteiger partial charge in [-0.3, -0.25) is 9.69 Å². The summed E-state index contributed by atoms with van der Waals surface area (Å²) in [6, 6.07) is -0.283. The van der Waals surface area contributed by atoms with Crippen LogP contribution < -0.4 is 10.6 Å². The summed E-state index contributed by atoms with van der Waals surface area (Å²) in [6.07, 6.45) is 1.01. The Bertz CT molecular complexity index is 342. The number of hydrogen-bond donors (Lipinski definition) is 3. The highest BCUT2D eigenvalue weighted by Crippen LogP contribution is 2.25. The minimum Gasteiger partial charge on any atom is -0.481 e. The average Bonchev–Trinajstić information content (AvgIpc) is 2.49. The predicted molar refractivity (Wildman–Crippen MR) is 85.8 cm³/mol. The summed E-state index contributed by atoms with van der Waals surface area (Å²) in [4.78, 5) is 25.4. The molecule has 122 valence electrons. The van der Waals surface area contributed by atoms with E-state index in [1.165, 1.54) is 0 Å². The van der Waals surface area contributed by atoms with Gasteiger partial charge in [0.15, 0.2) is 0 Å². The summed E-state index contributed by atoms with van der Waals surface area (Å²) in [5.74, 6) is 1.46. The van der Waals surface area contributed by atoms with E-state index in [2.05, 4.69) is 15.5 Å². The number of aliphatic carboxylic acids is 1. The molecule has 0 unspecified atom stereocenters. The number of carbonyl (C=O) groups is 2. The monoisotopic (exact) mass is 317 g/mol. The predicted octanol–water partition coefficient (Wildman–Crippen LogP) is 1.23. The molecule has 0 spiro atoms. The number of rotatable bonds is 8. The number of carbonyl (C=O) groups excluding carboxylic acids is 1. The number of nitrogens with one attached hydrogen (secondary N) is 2. The van der Waals surface area contributed by atoms with Gasteiger partial charge in [-0.2, -0.15) is 11.8 Å². The van der Waals surface area contributed by atoms with Gasteiger partial charge in [0.1, 0.15) is 0 Å². The number of nitrogens with zero attached hydrogens (tertiary/aromatic N) is 1. The third-order valence-corrected chi connectivity index (χ3v) is 5.15. The van der Waals surface area contributed by atoms with Gasteiger partial charge in [-0.05, 0) is 12.8 Å². The van der Waals surface area contributed by atoms with Gasteiger partial charge >= 0.3 is 12.0 Å². The van der Waals surface area contributed by atoms with Gasteiger partial charge in [0.2, 0.25) is 0 Å². The van der Waals surface area contributed by atoms with Gasteiger partial charge in [-0.1, -0.05) is 13.8 Å². The van der Waals surface area contributed by atoms with Crippen LogP contribution in [0.15, 0.2) is 0 Å². The maximum atomic E-state index is 11.7. The molecule has 0 aromatic carbocycles. The van der Waals surface area contributed by atoms with Gasteiger partial charge in [-0.15, -0.1) is 0 Å². The number of thioether (sulfide) groups is 1. The zero-order valence-electron chi connectivity index (χ0n) is 13.0. The Kier molecular flexibility index (Phi) is 7.88. The lowest BCUT2D eigenvalue weighted by molar-refractivity contribution is -0.149. The molecule has 2 amide bonds. The van der Waals surface area contributed by atoms with Crippen molar-refractivity contribution in [2.75, 3.05) is 44.2 Å². The largest absolute Gasteiger partial charge is 0.481 e. The molecule has 0 saturated carbocycles. The maximum absolute atomic E-state index is 11.7. The van der Waals surface area contributed by atoms with Gasteiger partial charge in [0, 0.05) is 44.2 Å². The van der Waals surface area contributed by atoms with Crippen LogP contribution in [0.25, 0.3) is 0 Å². The Balaban J connectivity index is 2.24. The summed E-state index contributed by atoms with van der Waals surface area (Å²) in [6.45, 7) is 7.43. The zero-order valence-corrected chi connectivity index (χ0v) is 13.8. The zero-order chi connectivity index (χ0) is 15.7. The van der Waals surface area contributed by atoms with E-state index in [4.69, 9.17) is 0 Å². The molecule has 0 radical (unpaired) electrons. The summed E-state index contributed by atoms with van der Waals surface area (Å²) in [7, 11) is 0. The molecular formula is C14H27N3O3S. The number of hydrogen-bond acceptors (Lipinski definition) is 4. The Labute approximate surface area is 131 Å². The van der Waals surface area contributed by atoms with Gasteiger partial charge in [-0.25, -0.2) is 4.79 Å². The normalized spacial score (nSPS) is 16.5. The summed E-state index contributed by atoms with van der Waals surface area (Å²) >= 11 is 1.96. The van der Waals surface area contributed by atoms with E-state index in [9.17, 15) is 14.7 Å². The van der Waals surface area contributed by atoms with E-state index in [-0.39, 0.29) is 12.6 Å². The van der Waals surface area contributed by atoms with Crippen LogP contribution in [-0.4, -0.2) is 66.2 Å². The number of carboxylic acids is 1. The van der Waals surface area contributed by atoms with Crippen molar-refractivity contribution in [1.29, 1.82) is 0 Å². The minimum atomic E-state index is -0.860. The van der Waals surface area contributed by atoms with E-state index in [0.29, 0.717) is 19.4 Å². The second-order valence-electron chi connectivity index (χ2n) is 5.36. The molecular weight excluding hydrogens is 290 g/mol. The second-order valence-corrected chi connectivity index (χ2v) is 6.58. The molecule has 1 rings (SSSR count). The van der Waals surface area contributed by atoms with E-state index in [0.717, 1.165) is 31.1 Å². The molecule has 0 atom stereocenters. The van der Waals surface area contributed by atoms with Crippen molar-refractivity contribution in [3.05, 3.63) is 0 Å². The van der Waals surface area contributed by atoms with Crippen molar-refractivity contribution in [2.24, 2.45) is 5.41 Å². The number of carboxylic acid groups (broad SMARTS) is 1. The van der Waals surface area contributed by atoms with Crippen molar-refractivity contribution < 1.29 is 14.7 Å². The smallest absolute Gasteiger partial charge is 0.314 e. The minimum absolute atomic E-state index is 0.168. The van der Waals surface area contributed by atoms with Crippen LogP contribution in [0, 0.1) is 5.41 Å². The Hall–Kier alpha value is -0.950. The van der Waals surface area contributed by atoms with Crippen LogP contribution in [0.3, 0.4) is 0 Å². The highest BCUT2D eigenvalue weighted by Gasteiger charge is 2.35. The van der Waals surface area contributed by atoms with E-state index >= 15 is 0 Å². The summed E-state index contributed by atoms with van der Waals surface area (Å²) in [5, 5.41) is 14.8. The quantitative estimate of drug-likeness (QED) is 0.627. The van der Waals surface area contributed by atoms with Crippen LogP contribution in [0.5, 0.6) is 0 Å². The van der Waals surface area contributed by atoms with E-state index in [1.54, 1.807) is 0 Å². The van der Waals surface area contributed by atoms with Crippen molar-refractivity contribution in [3.63, 3.8) is 0 Å². The van der Waals surface area contributed by atoms with Crippen molar-refractivity contribution >= 4 is 23.8 Å². The average molecular weight is 317 g/mol. The van der Waals surface area contributed by atoms with Gasteiger partial charge in [0.05, 0.1) is 5.41 Å². The van der Waals surface area contributed by atoms with E-state index in [1.807, 2.05) is 25.6 Å². The standard InChI is InChI=1S/C14H27N3O3S/c1-3-14(4-2,12(18)19)11-16-13(20)15-5-6-17-7-9-21-10-8-17/h3-11H2,1-2H3,(H,18,19)(H2,15,16,20). The van der Waals surface area contributed by atoms with Gasteiger partial charge < -0.3 is 15.7 Å². The topological polar surface area (TPSA) is 81.7 Å². The molecule has 1 aliphatic rings. The molecule has 1 heterocycles. The Morgan fingerprint density at radius 2 is 1.81 bits per heavy atom. The molecule has 1 aliphatic heterocycles. The molecule has 0 bridgehead atoms. The molecule has 21 heavy (non-hydrogen) atoms. The molecule has 3 N–H and O–H groups in total. The first-order chi connectivity index (χ1) is 10.0. The molecule has 0 aliphatic carbocycles. The fourth-order valence-corrected chi connectivity index (χ4v) is 3.32. The van der Waals surface area contributed by atoms with E-state index < -0.39 is 11.4 Å². The van der Waals surface area contributed by atoms with Crippen molar-refractivity contribution in [1.82, 2.24) is 15.5 Å². The number of amides is 2. The maximum Gasteiger partial charge on any atom is 0.314 e. The Morgan fingerprint density at radius 3 is 2.33 bits per heavy atom. The lowest BCUT2D eigenvalue weighted by Crippen LogP contribution is -2.47. The molecule has 7 heteroatoms. The van der Waals surface area contributed by atoms with Gasteiger partial charge in [0.25, 0.3) is 0 Å². The molecule has 1 saturated heterocycles. The first kappa shape index (κ1) is 18.1. The second kappa shape index (κ2) is 9.15. The van der Waals surface area contributed by atoms with Crippen molar-refractivity contribution in [2.45, 2.75) is 26.7 Å². The van der Waals surface area contributed by atoms with Crippen LogP contribution in [-0.2, 0) is 4.79 Å². The van der Waals surface area contributed by atoms with Crippen molar-refractivity contribution in [3.8, 4) is 0 Å². The summed E-state index contributed by atoms with van der Waals surface area (Å²) < 4.78 is 0. The molecule has 0 aromatic heterocycles. The van der Waals surface area contributed by atoms with Crippen LogP contribution in [0.4, 0.5) is 4.79 Å². The van der Waals surface area contributed by atoms with Crippen LogP contribution in [0.2, 0.25) is 0 Å². The summed E-state index contributed by atoms with van der Waals surface area (Å²) in [5.41, 5.74) is -0.860. The lowest BCUT2D eigenvalue weighted by Gasteiger charge is -2.27. The molecule has 1 fully saturated rings. The third-order valence-electron chi connectivity index (χ3n) is 4.21. The highest BCUT2D eigenvalue weighted by molar-refractivity contribution is 7.99. The number of urea groups is 1. The fraction of sp³-hybridized carbons (Fsp3) is 0.857. The SMILES string of the molecule is CCC(CC)(CNC(=O)NCCN1CCSCC1)C(=O)O. The first-order valence-electron chi connectivity index (χ1n) is 7.59. The fourth-order valence-electron chi connectivity index (χ4n) is 2.34. The Morgan fingerprint density at radius 1 is 1.19 bits per heavy atom. The third kappa shape index (κ3) is 5.74.